The summed E-state index contributed by atoms with van der Waals surface area (Å²) in [5, 5.41) is 0. The second kappa shape index (κ2) is 5.83. The first kappa shape index (κ1) is 16.1. The Kier molecular flexibility index (Phi) is 3.74. The van der Waals surface area contributed by atoms with Crippen molar-refractivity contribution in [1.29, 1.82) is 0 Å². The van der Waals surface area contributed by atoms with Crippen molar-refractivity contribution >= 4 is 9.84 Å². The molecule has 4 heteroatoms. The number of ether oxygens (including phenoxy) is 1. The minimum Gasteiger partial charge on any atom is -0.338 e. The van der Waals surface area contributed by atoms with Crippen molar-refractivity contribution in [2.24, 2.45) is 0 Å². The van der Waals surface area contributed by atoms with Crippen LogP contribution in [0.15, 0.2) is 89.8 Å². The molecule has 3 aromatic rings. The van der Waals surface area contributed by atoms with Crippen molar-refractivity contribution in [2.75, 3.05) is 0 Å². The van der Waals surface area contributed by atoms with E-state index in [4.69, 9.17) is 4.74 Å². The molecule has 0 amide bonds. The van der Waals surface area contributed by atoms with E-state index in [2.05, 4.69) is 0 Å². The average molecular weight is 350 g/mol. The Morgan fingerprint density at radius 3 is 1.72 bits per heavy atom. The highest BCUT2D eigenvalue weighted by atomic mass is 32.2. The van der Waals surface area contributed by atoms with Crippen LogP contribution in [0.4, 0.5) is 0 Å². The third-order valence-electron chi connectivity index (χ3n) is 4.60. The standard InChI is InChI=1S/C21H18O3S/c1-16-12-14-19(15-13-16)25(22,23)20-21(24-20,17-8-4-2-5-9-17)18-10-6-3-7-11-18/h2-15,20H,1H3. The second-order valence-corrected chi connectivity index (χ2v) is 8.27. The van der Waals surface area contributed by atoms with E-state index in [0.717, 1.165) is 16.7 Å². The molecule has 0 bridgehead atoms. The van der Waals surface area contributed by atoms with E-state index in [0.29, 0.717) is 0 Å². The number of sulfone groups is 1. The van der Waals surface area contributed by atoms with E-state index in [-0.39, 0.29) is 4.90 Å². The van der Waals surface area contributed by atoms with Gasteiger partial charge in [-0.3, -0.25) is 0 Å². The normalized spacial score (nSPS) is 18.7. The fourth-order valence-electron chi connectivity index (χ4n) is 3.21. The molecule has 4 rings (SSSR count). The minimum atomic E-state index is -3.61. The van der Waals surface area contributed by atoms with Gasteiger partial charge in [0.1, 0.15) is 0 Å². The Balaban J connectivity index is 1.83. The van der Waals surface area contributed by atoms with Crippen LogP contribution in [0.5, 0.6) is 0 Å². The van der Waals surface area contributed by atoms with E-state index >= 15 is 0 Å². The van der Waals surface area contributed by atoms with Gasteiger partial charge in [0, 0.05) is 0 Å². The van der Waals surface area contributed by atoms with Gasteiger partial charge in [-0.05, 0) is 30.2 Å². The minimum absolute atomic E-state index is 0.289. The lowest BCUT2D eigenvalue weighted by molar-refractivity contribution is 0.341. The molecule has 1 saturated heterocycles. The number of hydrogen-bond acceptors (Lipinski definition) is 3. The van der Waals surface area contributed by atoms with Gasteiger partial charge in [-0.15, -0.1) is 0 Å². The summed E-state index contributed by atoms with van der Waals surface area (Å²) >= 11 is 0. The topological polar surface area (TPSA) is 46.7 Å². The Bertz CT molecular complexity index is 939. The van der Waals surface area contributed by atoms with Gasteiger partial charge in [-0.1, -0.05) is 78.4 Å². The highest BCUT2D eigenvalue weighted by Crippen LogP contribution is 2.55. The van der Waals surface area contributed by atoms with Crippen LogP contribution >= 0.6 is 0 Å². The largest absolute Gasteiger partial charge is 0.338 e. The summed E-state index contributed by atoms with van der Waals surface area (Å²) in [7, 11) is -3.61. The van der Waals surface area contributed by atoms with Gasteiger partial charge in [0.2, 0.25) is 15.3 Å². The molecular formula is C21H18O3S. The molecule has 1 unspecified atom stereocenters. The summed E-state index contributed by atoms with van der Waals surface area (Å²) in [6.45, 7) is 1.93. The van der Waals surface area contributed by atoms with Gasteiger partial charge < -0.3 is 4.74 Å². The van der Waals surface area contributed by atoms with Crippen molar-refractivity contribution in [1.82, 2.24) is 0 Å². The summed E-state index contributed by atoms with van der Waals surface area (Å²) in [6, 6.07) is 26.0. The summed E-state index contributed by atoms with van der Waals surface area (Å²) < 4.78 is 32.2. The lowest BCUT2D eigenvalue weighted by Gasteiger charge is -2.14. The van der Waals surface area contributed by atoms with Crippen molar-refractivity contribution in [3.63, 3.8) is 0 Å². The van der Waals surface area contributed by atoms with Crippen LogP contribution in [0, 0.1) is 6.92 Å². The molecule has 1 aliphatic heterocycles. The Morgan fingerprint density at radius 2 is 1.24 bits per heavy atom. The molecule has 1 aliphatic rings. The molecule has 0 N–H and O–H groups in total. The number of hydrogen-bond donors (Lipinski definition) is 0. The van der Waals surface area contributed by atoms with E-state index < -0.39 is 20.9 Å². The van der Waals surface area contributed by atoms with Gasteiger partial charge in [0.15, 0.2) is 5.60 Å². The zero-order chi connectivity index (χ0) is 17.5. The summed E-state index contributed by atoms with van der Waals surface area (Å²) in [5.74, 6) is 0. The van der Waals surface area contributed by atoms with E-state index in [9.17, 15) is 8.42 Å². The number of benzene rings is 3. The zero-order valence-corrected chi connectivity index (χ0v) is 14.6. The van der Waals surface area contributed by atoms with Gasteiger partial charge >= 0.3 is 0 Å². The molecule has 0 radical (unpaired) electrons. The fraction of sp³-hybridized carbons (Fsp3) is 0.143. The molecular weight excluding hydrogens is 332 g/mol. The molecule has 3 aromatic carbocycles. The first-order chi connectivity index (χ1) is 12.0. The number of aryl methyl sites for hydroxylation is 1. The smallest absolute Gasteiger partial charge is 0.208 e. The van der Waals surface area contributed by atoms with Crippen LogP contribution in [0.3, 0.4) is 0 Å². The van der Waals surface area contributed by atoms with E-state index in [1.165, 1.54) is 0 Å². The van der Waals surface area contributed by atoms with Crippen molar-refractivity contribution in [3.8, 4) is 0 Å². The second-order valence-electron chi connectivity index (χ2n) is 6.28. The van der Waals surface area contributed by atoms with Crippen LogP contribution in [0.2, 0.25) is 0 Å². The van der Waals surface area contributed by atoms with Gasteiger partial charge in [0.05, 0.1) is 4.90 Å². The predicted octanol–water partition coefficient (Wildman–Crippen LogP) is 4.07. The maximum absolute atomic E-state index is 13.1. The molecule has 0 aliphatic carbocycles. The lowest BCUT2D eigenvalue weighted by atomic mass is 9.92. The lowest BCUT2D eigenvalue weighted by Crippen LogP contribution is -2.21. The molecule has 0 aromatic heterocycles. The fourth-order valence-corrected chi connectivity index (χ4v) is 4.96. The molecule has 126 valence electrons. The Labute approximate surface area is 147 Å². The Morgan fingerprint density at radius 1 is 0.760 bits per heavy atom. The monoisotopic (exact) mass is 350 g/mol. The zero-order valence-electron chi connectivity index (χ0n) is 13.8. The van der Waals surface area contributed by atoms with Crippen LogP contribution in [-0.2, 0) is 20.2 Å². The van der Waals surface area contributed by atoms with E-state index in [1.54, 1.807) is 12.1 Å². The molecule has 3 nitrogen and oxygen atoms in total. The molecule has 25 heavy (non-hydrogen) atoms. The van der Waals surface area contributed by atoms with Crippen LogP contribution in [0.1, 0.15) is 16.7 Å². The van der Waals surface area contributed by atoms with Gasteiger partial charge in [-0.2, -0.15) is 0 Å². The van der Waals surface area contributed by atoms with Crippen molar-refractivity contribution in [3.05, 3.63) is 102 Å². The third kappa shape index (κ3) is 2.58. The molecule has 1 fully saturated rings. The summed E-state index contributed by atoms with van der Waals surface area (Å²) in [4.78, 5) is 0.289. The molecule has 1 atom stereocenters. The highest BCUT2D eigenvalue weighted by molar-refractivity contribution is 7.92. The van der Waals surface area contributed by atoms with E-state index in [1.807, 2.05) is 79.7 Å². The first-order valence-corrected chi connectivity index (χ1v) is 9.69. The van der Waals surface area contributed by atoms with Crippen LogP contribution < -0.4 is 0 Å². The molecule has 0 saturated carbocycles. The van der Waals surface area contributed by atoms with Gasteiger partial charge in [-0.25, -0.2) is 8.42 Å². The summed E-state index contributed by atoms with van der Waals surface area (Å²) in [6.07, 6.45) is 0. The third-order valence-corrected chi connectivity index (χ3v) is 6.53. The summed E-state index contributed by atoms with van der Waals surface area (Å²) in [5.41, 5.74) is 0.844. The van der Waals surface area contributed by atoms with Crippen LogP contribution in [-0.4, -0.2) is 13.9 Å². The quantitative estimate of drug-likeness (QED) is 0.667. The maximum atomic E-state index is 13.1. The Hall–Kier alpha value is -2.43. The average Bonchev–Trinajstić information content (AvgIpc) is 3.42. The molecule has 0 spiro atoms. The van der Waals surface area contributed by atoms with Crippen molar-refractivity contribution in [2.45, 2.75) is 22.9 Å². The number of rotatable bonds is 4. The highest BCUT2D eigenvalue weighted by Gasteiger charge is 2.66. The predicted molar refractivity (Wildman–Crippen MR) is 96.9 cm³/mol. The first-order valence-electron chi connectivity index (χ1n) is 8.14. The SMILES string of the molecule is Cc1ccc(S(=O)(=O)C2OC2(c2ccccc2)c2ccccc2)cc1. The maximum Gasteiger partial charge on any atom is 0.208 e. The van der Waals surface area contributed by atoms with Crippen LogP contribution in [0.25, 0.3) is 0 Å². The number of epoxide rings is 1. The van der Waals surface area contributed by atoms with Gasteiger partial charge in [0.25, 0.3) is 0 Å². The van der Waals surface area contributed by atoms with Crippen molar-refractivity contribution < 1.29 is 13.2 Å². The molecule has 1 heterocycles.